The molecule has 3 fully saturated rings. The Morgan fingerprint density at radius 1 is 0.909 bits per heavy atom. The second-order valence-corrected chi connectivity index (χ2v) is 7.29. The van der Waals surface area contributed by atoms with Crippen molar-refractivity contribution in [1.82, 2.24) is 9.80 Å². The van der Waals surface area contributed by atoms with Gasteiger partial charge in [0.05, 0.1) is 6.54 Å². The molecule has 0 aromatic heterocycles. The standard InChI is InChI=1S/C17H29N3O2/c18-17(22)14-7-10-19(11-8-14)12-16(21)20-9-3-5-13-4-1-2-6-15(13)20/h13-15H,1-12H2,(H2,18,22)/t13-,15-/m1/s1. The van der Waals surface area contributed by atoms with Gasteiger partial charge in [-0.25, -0.2) is 0 Å². The molecule has 1 aliphatic carbocycles. The Kier molecular flexibility index (Phi) is 5.01. The van der Waals surface area contributed by atoms with Crippen molar-refractivity contribution >= 4 is 11.8 Å². The van der Waals surface area contributed by atoms with Crippen molar-refractivity contribution in [2.24, 2.45) is 17.6 Å². The number of piperidine rings is 2. The molecule has 0 radical (unpaired) electrons. The van der Waals surface area contributed by atoms with E-state index in [1.54, 1.807) is 0 Å². The Morgan fingerprint density at radius 2 is 1.59 bits per heavy atom. The highest BCUT2D eigenvalue weighted by Gasteiger charge is 2.36. The zero-order chi connectivity index (χ0) is 15.5. The Labute approximate surface area is 133 Å². The van der Waals surface area contributed by atoms with Gasteiger partial charge in [-0.15, -0.1) is 0 Å². The first-order valence-corrected chi connectivity index (χ1v) is 8.96. The molecule has 0 aromatic rings. The van der Waals surface area contributed by atoms with Crippen LogP contribution in [0.25, 0.3) is 0 Å². The van der Waals surface area contributed by atoms with Crippen LogP contribution in [0.4, 0.5) is 0 Å². The predicted octanol–water partition coefficient (Wildman–Crippen LogP) is 1.36. The van der Waals surface area contributed by atoms with Crippen LogP contribution in [-0.4, -0.2) is 53.8 Å². The monoisotopic (exact) mass is 307 g/mol. The number of hydrogen-bond donors (Lipinski definition) is 1. The maximum absolute atomic E-state index is 12.7. The lowest BCUT2D eigenvalue weighted by atomic mass is 9.78. The fraction of sp³-hybridized carbons (Fsp3) is 0.882. The van der Waals surface area contributed by atoms with Crippen LogP contribution in [0.1, 0.15) is 51.4 Å². The molecule has 0 aromatic carbocycles. The molecule has 2 saturated heterocycles. The van der Waals surface area contributed by atoms with Crippen molar-refractivity contribution in [2.75, 3.05) is 26.2 Å². The van der Waals surface area contributed by atoms with Gasteiger partial charge in [-0.3, -0.25) is 14.5 Å². The van der Waals surface area contributed by atoms with Crippen LogP contribution >= 0.6 is 0 Å². The van der Waals surface area contributed by atoms with Gasteiger partial charge in [-0.2, -0.15) is 0 Å². The van der Waals surface area contributed by atoms with Crippen LogP contribution in [-0.2, 0) is 9.59 Å². The summed E-state index contributed by atoms with van der Waals surface area (Å²) in [5.74, 6) is 0.859. The summed E-state index contributed by atoms with van der Waals surface area (Å²) in [6.45, 7) is 3.11. The van der Waals surface area contributed by atoms with Gasteiger partial charge < -0.3 is 10.6 Å². The van der Waals surface area contributed by atoms with Crippen LogP contribution < -0.4 is 5.73 Å². The summed E-state index contributed by atoms with van der Waals surface area (Å²) < 4.78 is 0. The average Bonchev–Trinajstić information content (AvgIpc) is 2.54. The van der Waals surface area contributed by atoms with Crippen molar-refractivity contribution in [1.29, 1.82) is 0 Å². The number of amides is 2. The van der Waals surface area contributed by atoms with Gasteiger partial charge in [0.15, 0.2) is 0 Å². The highest BCUT2D eigenvalue weighted by molar-refractivity contribution is 5.79. The van der Waals surface area contributed by atoms with Crippen molar-refractivity contribution in [3.8, 4) is 0 Å². The van der Waals surface area contributed by atoms with Gasteiger partial charge in [-0.05, 0) is 57.5 Å². The summed E-state index contributed by atoms with van der Waals surface area (Å²) in [6, 6.07) is 0.498. The lowest BCUT2D eigenvalue weighted by molar-refractivity contribution is -0.139. The summed E-state index contributed by atoms with van der Waals surface area (Å²) in [4.78, 5) is 28.3. The van der Waals surface area contributed by atoms with E-state index in [0.717, 1.165) is 44.8 Å². The van der Waals surface area contributed by atoms with E-state index in [4.69, 9.17) is 5.73 Å². The number of hydrogen-bond acceptors (Lipinski definition) is 3. The summed E-state index contributed by atoms with van der Waals surface area (Å²) in [5.41, 5.74) is 5.37. The molecule has 2 atom stereocenters. The van der Waals surface area contributed by atoms with E-state index in [9.17, 15) is 9.59 Å². The maximum Gasteiger partial charge on any atom is 0.237 e. The molecule has 22 heavy (non-hydrogen) atoms. The number of primary amides is 1. The van der Waals surface area contributed by atoms with Crippen LogP contribution in [0.2, 0.25) is 0 Å². The fourth-order valence-corrected chi connectivity index (χ4v) is 4.59. The number of fused-ring (bicyclic) bond motifs is 1. The minimum absolute atomic E-state index is 0.00376. The van der Waals surface area contributed by atoms with E-state index in [-0.39, 0.29) is 11.8 Å². The normalized spacial score (nSPS) is 30.8. The number of likely N-dealkylation sites (tertiary alicyclic amines) is 2. The maximum atomic E-state index is 12.7. The molecule has 3 aliphatic rings. The molecule has 5 heteroatoms. The van der Waals surface area contributed by atoms with Crippen molar-refractivity contribution in [3.05, 3.63) is 0 Å². The molecule has 2 N–H and O–H groups in total. The van der Waals surface area contributed by atoms with E-state index in [1.807, 2.05) is 0 Å². The summed E-state index contributed by atoms with van der Waals surface area (Å²) in [5, 5.41) is 0. The van der Waals surface area contributed by atoms with E-state index >= 15 is 0 Å². The van der Waals surface area contributed by atoms with Gasteiger partial charge in [0.25, 0.3) is 0 Å². The number of nitrogens with zero attached hydrogens (tertiary/aromatic N) is 2. The van der Waals surface area contributed by atoms with Gasteiger partial charge in [-0.1, -0.05) is 12.8 Å². The molecule has 0 spiro atoms. The van der Waals surface area contributed by atoms with Gasteiger partial charge >= 0.3 is 0 Å². The van der Waals surface area contributed by atoms with Crippen molar-refractivity contribution in [3.63, 3.8) is 0 Å². The van der Waals surface area contributed by atoms with E-state index in [1.165, 1.54) is 32.1 Å². The molecular formula is C17H29N3O2. The predicted molar refractivity (Wildman–Crippen MR) is 85.1 cm³/mol. The number of rotatable bonds is 3. The Hall–Kier alpha value is -1.10. The second-order valence-electron chi connectivity index (χ2n) is 7.29. The zero-order valence-corrected chi connectivity index (χ0v) is 13.5. The van der Waals surface area contributed by atoms with E-state index in [0.29, 0.717) is 18.5 Å². The topological polar surface area (TPSA) is 66.6 Å². The molecule has 0 bridgehead atoms. The third-order valence-corrected chi connectivity index (χ3v) is 5.91. The zero-order valence-electron chi connectivity index (χ0n) is 13.5. The largest absolute Gasteiger partial charge is 0.369 e. The molecule has 2 amide bonds. The number of nitrogens with two attached hydrogens (primary N) is 1. The smallest absolute Gasteiger partial charge is 0.237 e. The number of carbonyl (C=O) groups is 2. The lowest BCUT2D eigenvalue weighted by Crippen LogP contribution is -2.53. The molecular weight excluding hydrogens is 278 g/mol. The first-order chi connectivity index (χ1) is 10.6. The Balaban J connectivity index is 1.52. The van der Waals surface area contributed by atoms with Crippen molar-refractivity contribution in [2.45, 2.75) is 57.4 Å². The molecule has 1 saturated carbocycles. The molecule has 2 heterocycles. The molecule has 0 unspecified atom stereocenters. The first kappa shape index (κ1) is 15.8. The van der Waals surface area contributed by atoms with E-state index in [2.05, 4.69) is 9.80 Å². The SMILES string of the molecule is NC(=O)C1CCN(CC(=O)N2CCC[C@H]3CCCC[C@H]32)CC1. The quantitative estimate of drug-likeness (QED) is 0.856. The van der Waals surface area contributed by atoms with E-state index < -0.39 is 0 Å². The second kappa shape index (κ2) is 6.99. The number of carbonyl (C=O) groups excluding carboxylic acids is 2. The third-order valence-electron chi connectivity index (χ3n) is 5.91. The van der Waals surface area contributed by atoms with Crippen molar-refractivity contribution < 1.29 is 9.59 Å². The van der Waals surface area contributed by atoms with Crippen LogP contribution in [0.3, 0.4) is 0 Å². The lowest BCUT2D eigenvalue weighted by Gasteiger charge is -2.45. The molecule has 3 rings (SSSR count). The Bertz CT molecular complexity index is 416. The summed E-state index contributed by atoms with van der Waals surface area (Å²) >= 11 is 0. The average molecular weight is 307 g/mol. The van der Waals surface area contributed by atoms with Gasteiger partial charge in [0.2, 0.25) is 11.8 Å². The fourth-order valence-electron chi connectivity index (χ4n) is 4.59. The van der Waals surface area contributed by atoms with Crippen LogP contribution in [0, 0.1) is 11.8 Å². The third kappa shape index (κ3) is 3.45. The van der Waals surface area contributed by atoms with Crippen LogP contribution in [0.15, 0.2) is 0 Å². The minimum atomic E-state index is -0.188. The highest BCUT2D eigenvalue weighted by Crippen LogP contribution is 2.35. The minimum Gasteiger partial charge on any atom is -0.369 e. The molecule has 2 aliphatic heterocycles. The highest BCUT2D eigenvalue weighted by atomic mass is 16.2. The summed E-state index contributed by atoms with van der Waals surface area (Å²) in [7, 11) is 0. The molecule has 124 valence electrons. The first-order valence-electron chi connectivity index (χ1n) is 8.96. The van der Waals surface area contributed by atoms with Gasteiger partial charge in [0.1, 0.15) is 0 Å². The summed E-state index contributed by atoms with van der Waals surface area (Å²) in [6.07, 6.45) is 9.18. The van der Waals surface area contributed by atoms with Crippen LogP contribution in [0.5, 0.6) is 0 Å². The molecule has 5 nitrogen and oxygen atoms in total. The van der Waals surface area contributed by atoms with Gasteiger partial charge in [0, 0.05) is 18.5 Å². The Morgan fingerprint density at radius 3 is 2.32 bits per heavy atom.